The molecule has 0 radical (unpaired) electrons. The highest BCUT2D eigenvalue weighted by atomic mass is 32.1. The van der Waals surface area contributed by atoms with Gasteiger partial charge in [-0.05, 0) is 13.1 Å². The first-order valence-corrected chi connectivity index (χ1v) is 7.91. The molecule has 1 aromatic rings. The highest BCUT2D eigenvalue weighted by Gasteiger charge is 2.22. The number of nitrogens with one attached hydrogen (secondary N) is 1. The van der Waals surface area contributed by atoms with Crippen molar-refractivity contribution in [2.75, 3.05) is 58.4 Å². The van der Waals surface area contributed by atoms with Crippen LogP contribution < -0.4 is 15.8 Å². The van der Waals surface area contributed by atoms with Crippen molar-refractivity contribution in [2.24, 2.45) is 0 Å². The second-order valence-corrected chi connectivity index (χ2v) is 5.88. The van der Waals surface area contributed by atoms with Crippen molar-refractivity contribution in [3.63, 3.8) is 0 Å². The summed E-state index contributed by atoms with van der Waals surface area (Å²) < 4.78 is 5.34. The third-order valence-corrected chi connectivity index (χ3v) is 4.44. The number of rotatable bonds is 8. The predicted molar refractivity (Wildman–Crippen MR) is 89.6 cm³/mol. The number of carbonyl (C=O) groups excluding carboxylic acids is 1. The summed E-state index contributed by atoms with van der Waals surface area (Å²) in [6, 6.07) is 0. The first kappa shape index (κ1) is 17.6. The maximum absolute atomic E-state index is 12.1. The summed E-state index contributed by atoms with van der Waals surface area (Å²) in [6.07, 6.45) is 0. The molecule has 0 spiro atoms. The number of methoxy groups -OCH3 is 1. The number of thiophene rings is 1. The molecule has 6 nitrogen and oxygen atoms in total. The van der Waals surface area contributed by atoms with Crippen LogP contribution in [0.25, 0.3) is 0 Å². The zero-order chi connectivity index (χ0) is 16.0. The molecule has 0 aromatic carbocycles. The maximum Gasteiger partial charge on any atom is 0.265 e. The molecular weight excluding hydrogens is 288 g/mol. The van der Waals surface area contributed by atoms with Crippen molar-refractivity contribution >= 4 is 27.9 Å². The lowest BCUT2D eigenvalue weighted by Crippen LogP contribution is -2.28. The fourth-order valence-corrected chi connectivity index (χ4v) is 3.11. The van der Waals surface area contributed by atoms with Gasteiger partial charge >= 0.3 is 0 Å². The van der Waals surface area contributed by atoms with E-state index >= 15 is 0 Å². The van der Waals surface area contributed by atoms with Gasteiger partial charge in [0.1, 0.15) is 15.6 Å². The van der Waals surface area contributed by atoms with Gasteiger partial charge < -0.3 is 25.6 Å². The Hall–Kier alpha value is -1.47. The minimum atomic E-state index is -0.104. The summed E-state index contributed by atoms with van der Waals surface area (Å²) in [7, 11) is 4.99. The molecule has 3 N–H and O–H groups in total. The van der Waals surface area contributed by atoms with Crippen LogP contribution >= 0.6 is 11.3 Å². The minimum Gasteiger partial charge on any atom is -0.492 e. The Morgan fingerprint density at radius 1 is 1.33 bits per heavy atom. The van der Waals surface area contributed by atoms with Crippen LogP contribution in [0.4, 0.5) is 10.7 Å². The molecule has 0 aliphatic heterocycles. The smallest absolute Gasteiger partial charge is 0.265 e. The van der Waals surface area contributed by atoms with E-state index in [-0.39, 0.29) is 5.91 Å². The Bertz CT molecular complexity index is 470. The van der Waals surface area contributed by atoms with Gasteiger partial charge in [-0.15, -0.1) is 11.3 Å². The lowest BCUT2D eigenvalue weighted by Gasteiger charge is -2.18. The fourth-order valence-electron chi connectivity index (χ4n) is 1.98. The number of ether oxygens (including phenoxy) is 1. The molecule has 1 heterocycles. The topological polar surface area (TPSA) is 70.8 Å². The van der Waals surface area contributed by atoms with Gasteiger partial charge in [0.2, 0.25) is 0 Å². The number of carbonyl (C=O) groups is 1. The monoisotopic (exact) mass is 314 g/mol. The molecule has 0 bridgehead atoms. The van der Waals surface area contributed by atoms with Gasteiger partial charge in [-0.1, -0.05) is 13.8 Å². The molecule has 7 heteroatoms. The summed E-state index contributed by atoms with van der Waals surface area (Å²) in [5, 5.41) is 4.13. The van der Waals surface area contributed by atoms with E-state index in [1.54, 1.807) is 21.2 Å². The van der Waals surface area contributed by atoms with Gasteiger partial charge in [0.05, 0.1) is 7.11 Å². The molecule has 0 aliphatic carbocycles. The van der Waals surface area contributed by atoms with E-state index in [0.717, 1.165) is 31.2 Å². The number of likely N-dealkylation sites (N-methyl/N-ethyl adjacent to an activating group) is 1. The van der Waals surface area contributed by atoms with Gasteiger partial charge in [0.15, 0.2) is 5.75 Å². The van der Waals surface area contributed by atoms with Crippen LogP contribution in [0.1, 0.15) is 23.5 Å². The van der Waals surface area contributed by atoms with Gasteiger partial charge in [0.25, 0.3) is 5.91 Å². The summed E-state index contributed by atoms with van der Waals surface area (Å²) in [5.41, 5.74) is 6.43. The third kappa shape index (κ3) is 4.25. The summed E-state index contributed by atoms with van der Waals surface area (Å²) >= 11 is 1.34. The van der Waals surface area contributed by atoms with Crippen LogP contribution in [0.2, 0.25) is 0 Å². The molecule has 21 heavy (non-hydrogen) atoms. The van der Waals surface area contributed by atoms with Crippen molar-refractivity contribution in [1.82, 2.24) is 9.80 Å². The van der Waals surface area contributed by atoms with Crippen LogP contribution in [-0.4, -0.2) is 63.1 Å². The Morgan fingerprint density at radius 2 is 1.95 bits per heavy atom. The second-order valence-electron chi connectivity index (χ2n) is 4.86. The first-order chi connectivity index (χ1) is 9.96. The van der Waals surface area contributed by atoms with E-state index < -0.39 is 0 Å². The number of anilines is 2. The number of nitrogens with two attached hydrogens (primary N) is 1. The molecule has 120 valence electrons. The number of nitrogen functional groups attached to an aromatic ring is 1. The quantitative estimate of drug-likeness (QED) is 0.765. The zero-order valence-electron chi connectivity index (χ0n) is 13.5. The molecule has 1 aromatic heterocycles. The Morgan fingerprint density at radius 3 is 2.43 bits per heavy atom. The number of nitrogens with zero attached hydrogens (tertiary/aromatic N) is 2. The summed E-state index contributed by atoms with van der Waals surface area (Å²) in [5.74, 6) is 0.456. The number of hydrogen-bond donors (Lipinski definition) is 2. The Balaban J connectivity index is 2.83. The van der Waals surface area contributed by atoms with E-state index in [0.29, 0.717) is 16.3 Å². The van der Waals surface area contributed by atoms with Crippen molar-refractivity contribution in [2.45, 2.75) is 13.8 Å². The molecule has 0 atom stereocenters. The highest BCUT2D eigenvalue weighted by Crippen LogP contribution is 2.42. The number of hydrogen-bond acceptors (Lipinski definition) is 6. The fraction of sp³-hybridized carbons (Fsp3) is 0.643. The van der Waals surface area contributed by atoms with E-state index in [4.69, 9.17) is 10.5 Å². The largest absolute Gasteiger partial charge is 0.492 e. The molecular formula is C14H26N4O2S. The molecule has 1 amide bonds. The van der Waals surface area contributed by atoms with E-state index in [1.807, 2.05) is 0 Å². The van der Waals surface area contributed by atoms with Gasteiger partial charge in [-0.2, -0.15) is 0 Å². The van der Waals surface area contributed by atoms with Crippen LogP contribution in [0.15, 0.2) is 0 Å². The van der Waals surface area contributed by atoms with Crippen molar-refractivity contribution in [3.8, 4) is 5.75 Å². The third-order valence-electron chi connectivity index (χ3n) is 3.31. The normalized spacial score (nSPS) is 10.8. The van der Waals surface area contributed by atoms with Crippen molar-refractivity contribution < 1.29 is 9.53 Å². The highest BCUT2D eigenvalue weighted by molar-refractivity contribution is 7.19. The van der Waals surface area contributed by atoms with Crippen LogP contribution in [-0.2, 0) is 0 Å². The average molecular weight is 314 g/mol. The zero-order valence-corrected chi connectivity index (χ0v) is 14.3. The lowest BCUT2D eigenvalue weighted by atomic mass is 10.3. The Kier molecular flexibility index (Phi) is 6.77. The van der Waals surface area contributed by atoms with Crippen molar-refractivity contribution in [1.29, 1.82) is 0 Å². The first-order valence-electron chi connectivity index (χ1n) is 7.10. The van der Waals surface area contributed by atoms with Crippen LogP contribution in [0, 0.1) is 0 Å². The lowest BCUT2D eigenvalue weighted by molar-refractivity contribution is 0.0833. The summed E-state index contributed by atoms with van der Waals surface area (Å²) in [6.45, 7) is 8.04. The molecule has 0 saturated carbocycles. The molecule has 0 fully saturated rings. The van der Waals surface area contributed by atoms with Gasteiger partial charge in [-0.25, -0.2) is 0 Å². The standard InChI is InChI=1S/C14H26N4O2S/c1-6-18(7-2)9-8-16-13-11(20-5)10(15)12(21-13)14(19)17(3)4/h16H,6-9,15H2,1-5H3. The van der Waals surface area contributed by atoms with E-state index in [1.165, 1.54) is 16.2 Å². The maximum atomic E-state index is 12.1. The number of amides is 1. The van der Waals surface area contributed by atoms with Crippen LogP contribution in [0.3, 0.4) is 0 Å². The van der Waals surface area contributed by atoms with Gasteiger partial charge in [-0.3, -0.25) is 4.79 Å². The molecule has 0 aliphatic rings. The second kappa shape index (κ2) is 8.09. The molecule has 0 unspecified atom stereocenters. The van der Waals surface area contributed by atoms with Gasteiger partial charge in [0, 0.05) is 27.2 Å². The molecule has 0 saturated heterocycles. The van der Waals surface area contributed by atoms with E-state index in [9.17, 15) is 4.79 Å². The summed E-state index contributed by atoms with van der Waals surface area (Å²) in [4.78, 5) is 16.4. The SMILES string of the molecule is CCN(CC)CCNc1sc(C(=O)N(C)C)c(N)c1OC. The average Bonchev–Trinajstić information content (AvgIpc) is 2.78. The van der Waals surface area contributed by atoms with E-state index in [2.05, 4.69) is 24.1 Å². The van der Waals surface area contributed by atoms with Crippen LogP contribution in [0.5, 0.6) is 5.75 Å². The minimum absolute atomic E-state index is 0.104. The predicted octanol–water partition coefficient (Wildman–Crippen LogP) is 1.79. The molecule has 1 rings (SSSR count). The Labute approximate surface area is 130 Å². The van der Waals surface area contributed by atoms with Crippen molar-refractivity contribution in [3.05, 3.63) is 4.88 Å².